The van der Waals surface area contributed by atoms with Crippen molar-refractivity contribution in [1.29, 1.82) is 0 Å². The molecule has 1 saturated carbocycles. The fourth-order valence-corrected chi connectivity index (χ4v) is 7.18. The molecule has 31 heavy (non-hydrogen) atoms. The summed E-state index contributed by atoms with van der Waals surface area (Å²) in [7, 11) is -3.69. The molecular weight excluding hydrogens is 468 g/mol. The summed E-state index contributed by atoms with van der Waals surface area (Å²) >= 11 is 6.80. The quantitative estimate of drug-likeness (QED) is 0.450. The molecule has 0 atom stereocenters. The van der Waals surface area contributed by atoms with Crippen molar-refractivity contribution in [3.8, 4) is 0 Å². The SMILES string of the molecule is O=C(CN1C(=O)C(=O)N(C2CCCC2)C1=O)N1CCN(S(=O)(=O)c2ccc(Cl)s2)CC1. The molecule has 3 heterocycles. The summed E-state index contributed by atoms with van der Waals surface area (Å²) < 4.78 is 27.1. The minimum absolute atomic E-state index is 0.0820. The Balaban J connectivity index is 1.36. The number of hydrogen-bond acceptors (Lipinski definition) is 7. The summed E-state index contributed by atoms with van der Waals surface area (Å²) in [5.41, 5.74) is 0. The molecule has 0 spiro atoms. The van der Waals surface area contributed by atoms with Crippen LogP contribution in [0, 0.1) is 0 Å². The molecule has 3 fully saturated rings. The normalized spacial score (nSPS) is 21.6. The fourth-order valence-electron chi connectivity index (χ4n) is 4.12. The second-order valence-corrected chi connectivity index (χ2v) is 11.5. The van der Waals surface area contributed by atoms with Crippen LogP contribution in [0.5, 0.6) is 0 Å². The van der Waals surface area contributed by atoms with Gasteiger partial charge in [0.25, 0.3) is 10.0 Å². The first-order chi connectivity index (χ1) is 14.7. The van der Waals surface area contributed by atoms with Gasteiger partial charge in [-0.15, -0.1) is 11.3 Å². The number of sulfonamides is 1. The minimum atomic E-state index is -3.69. The van der Waals surface area contributed by atoms with Gasteiger partial charge in [0.2, 0.25) is 5.91 Å². The number of rotatable bonds is 5. The third-order valence-corrected chi connectivity index (χ3v) is 9.40. The predicted octanol–water partition coefficient (Wildman–Crippen LogP) is 0.968. The van der Waals surface area contributed by atoms with E-state index in [4.69, 9.17) is 11.6 Å². The van der Waals surface area contributed by atoms with Crippen LogP contribution in [0.4, 0.5) is 4.79 Å². The van der Waals surface area contributed by atoms with Gasteiger partial charge < -0.3 is 4.90 Å². The first-order valence-corrected chi connectivity index (χ1v) is 12.6. The van der Waals surface area contributed by atoms with Gasteiger partial charge in [0.1, 0.15) is 10.8 Å². The maximum atomic E-state index is 12.7. The Hall–Kier alpha value is -2.02. The molecule has 1 aromatic rings. The lowest BCUT2D eigenvalue weighted by atomic mass is 10.2. The second kappa shape index (κ2) is 8.49. The van der Waals surface area contributed by atoms with Crippen LogP contribution < -0.4 is 0 Å². The van der Waals surface area contributed by atoms with Gasteiger partial charge in [-0.25, -0.2) is 18.1 Å². The van der Waals surface area contributed by atoms with Gasteiger partial charge in [0.05, 0.1) is 4.34 Å². The highest BCUT2D eigenvalue weighted by Crippen LogP contribution is 2.29. The number of imide groups is 2. The molecule has 0 unspecified atom stereocenters. The number of urea groups is 1. The van der Waals surface area contributed by atoms with E-state index < -0.39 is 40.3 Å². The Morgan fingerprint density at radius 1 is 1.03 bits per heavy atom. The number of nitrogens with zero attached hydrogens (tertiary/aromatic N) is 4. The van der Waals surface area contributed by atoms with Crippen LogP contribution in [0.1, 0.15) is 25.7 Å². The van der Waals surface area contributed by atoms with Crippen molar-refractivity contribution in [2.75, 3.05) is 32.7 Å². The number of thiophene rings is 1. The van der Waals surface area contributed by atoms with Gasteiger partial charge in [-0.05, 0) is 25.0 Å². The van der Waals surface area contributed by atoms with Crippen molar-refractivity contribution in [2.45, 2.75) is 35.9 Å². The fraction of sp³-hybridized carbons (Fsp3) is 0.556. The van der Waals surface area contributed by atoms with E-state index in [9.17, 15) is 27.6 Å². The molecule has 0 radical (unpaired) electrons. The van der Waals surface area contributed by atoms with Crippen molar-refractivity contribution in [3.05, 3.63) is 16.5 Å². The van der Waals surface area contributed by atoms with Gasteiger partial charge in [-0.3, -0.25) is 19.3 Å². The number of halogens is 1. The number of hydrogen-bond donors (Lipinski definition) is 0. The number of carbonyl (C=O) groups is 4. The summed E-state index contributed by atoms with van der Waals surface area (Å²) in [6, 6.07) is 1.92. The average molecular weight is 489 g/mol. The lowest BCUT2D eigenvalue weighted by molar-refractivity contribution is -0.145. The topological polar surface area (TPSA) is 115 Å². The third-order valence-electron chi connectivity index (χ3n) is 5.80. The van der Waals surface area contributed by atoms with Crippen molar-refractivity contribution in [3.63, 3.8) is 0 Å². The molecule has 4 rings (SSSR count). The van der Waals surface area contributed by atoms with Crippen molar-refractivity contribution in [1.82, 2.24) is 19.0 Å². The number of piperazine rings is 1. The highest BCUT2D eigenvalue weighted by Gasteiger charge is 2.49. The Bertz CT molecular complexity index is 1030. The van der Waals surface area contributed by atoms with Gasteiger partial charge >= 0.3 is 17.8 Å². The molecule has 1 aliphatic carbocycles. The van der Waals surface area contributed by atoms with Gasteiger partial charge in [0.15, 0.2) is 0 Å². The summed E-state index contributed by atoms with van der Waals surface area (Å²) in [6.45, 7) is -0.126. The molecule has 2 saturated heterocycles. The Kier molecular flexibility index (Phi) is 6.08. The molecule has 5 amide bonds. The molecule has 13 heteroatoms. The van der Waals surface area contributed by atoms with Crippen LogP contribution in [0.3, 0.4) is 0 Å². The summed E-state index contributed by atoms with van der Waals surface area (Å²) in [5, 5.41) is 0. The van der Waals surface area contributed by atoms with E-state index in [0.29, 0.717) is 22.1 Å². The summed E-state index contributed by atoms with van der Waals surface area (Å²) in [6.07, 6.45) is 3.11. The molecule has 0 aromatic carbocycles. The standard InChI is InChI=1S/C18H21ClN4O6S2/c19-13-5-6-15(30-13)31(28,29)21-9-7-20(8-10-21)14(24)11-22-16(25)17(26)23(18(22)27)12-3-1-2-4-12/h5-6,12H,1-4,7-11H2. The van der Waals surface area contributed by atoms with E-state index in [1.807, 2.05) is 0 Å². The zero-order chi connectivity index (χ0) is 22.3. The minimum Gasteiger partial charge on any atom is -0.338 e. The van der Waals surface area contributed by atoms with E-state index in [1.54, 1.807) is 0 Å². The maximum Gasteiger partial charge on any atom is 0.334 e. The van der Waals surface area contributed by atoms with Crippen LogP contribution >= 0.6 is 22.9 Å². The first kappa shape index (κ1) is 22.2. The third kappa shape index (κ3) is 4.09. The summed E-state index contributed by atoms with van der Waals surface area (Å²) in [5.74, 6) is -2.37. The number of amides is 5. The monoisotopic (exact) mass is 488 g/mol. The van der Waals surface area contributed by atoms with Crippen LogP contribution in [0.25, 0.3) is 0 Å². The molecule has 0 N–H and O–H groups in total. The van der Waals surface area contributed by atoms with Gasteiger partial charge in [0, 0.05) is 32.2 Å². The largest absolute Gasteiger partial charge is 0.338 e. The van der Waals surface area contributed by atoms with E-state index in [1.165, 1.54) is 21.3 Å². The molecule has 10 nitrogen and oxygen atoms in total. The lowest BCUT2D eigenvalue weighted by Gasteiger charge is -2.34. The predicted molar refractivity (Wildman–Crippen MR) is 111 cm³/mol. The van der Waals surface area contributed by atoms with E-state index in [2.05, 4.69) is 0 Å². The van der Waals surface area contributed by atoms with E-state index >= 15 is 0 Å². The average Bonchev–Trinajstić information content (AvgIpc) is 3.47. The van der Waals surface area contributed by atoms with Crippen LogP contribution in [-0.2, 0) is 24.4 Å². The van der Waals surface area contributed by atoms with E-state index in [0.717, 1.165) is 29.1 Å². The second-order valence-electron chi connectivity index (χ2n) is 7.63. The Morgan fingerprint density at radius 3 is 2.26 bits per heavy atom. The molecule has 168 valence electrons. The van der Waals surface area contributed by atoms with Gasteiger partial charge in [-0.2, -0.15) is 4.31 Å². The highest BCUT2D eigenvalue weighted by molar-refractivity contribution is 7.91. The highest BCUT2D eigenvalue weighted by atomic mass is 35.5. The van der Waals surface area contributed by atoms with Crippen molar-refractivity contribution < 1.29 is 27.6 Å². The summed E-state index contributed by atoms with van der Waals surface area (Å²) in [4.78, 5) is 52.9. The smallest absolute Gasteiger partial charge is 0.334 e. The van der Waals surface area contributed by atoms with Crippen molar-refractivity contribution in [2.24, 2.45) is 0 Å². The van der Waals surface area contributed by atoms with Crippen LogP contribution in [-0.4, -0.2) is 89.9 Å². The Morgan fingerprint density at radius 2 is 1.68 bits per heavy atom. The van der Waals surface area contributed by atoms with Crippen molar-refractivity contribution >= 4 is 56.7 Å². The number of carbonyl (C=O) groups excluding carboxylic acids is 4. The van der Waals surface area contributed by atoms with E-state index in [-0.39, 0.29) is 36.4 Å². The lowest BCUT2D eigenvalue weighted by Crippen LogP contribution is -2.53. The molecular formula is C18H21ClN4O6S2. The van der Waals surface area contributed by atoms with Crippen LogP contribution in [0.15, 0.2) is 16.3 Å². The Labute approximate surface area is 188 Å². The first-order valence-electron chi connectivity index (χ1n) is 9.92. The maximum absolute atomic E-state index is 12.7. The zero-order valence-electron chi connectivity index (χ0n) is 16.5. The zero-order valence-corrected chi connectivity index (χ0v) is 18.9. The molecule has 2 aliphatic heterocycles. The molecule has 1 aromatic heterocycles. The molecule has 0 bridgehead atoms. The van der Waals surface area contributed by atoms with Crippen LogP contribution in [0.2, 0.25) is 4.34 Å². The van der Waals surface area contributed by atoms with Gasteiger partial charge in [-0.1, -0.05) is 24.4 Å². The molecule has 3 aliphatic rings.